The van der Waals surface area contributed by atoms with Crippen molar-refractivity contribution in [3.8, 4) is 0 Å². The molecule has 0 saturated carbocycles. The minimum atomic E-state index is -1.47. The molecule has 0 aliphatic carbocycles. The molecule has 3 heterocycles. The summed E-state index contributed by atoms with van der Waals surface area (Å²) in [6.45, 7) is 11.1. The minimum absolute atomic E-state index is 0.0403. The molecule has 0 bridgehead atoms. The Morgan fingerprint density at radius 3 is 2.21 bits per heavy atom. The number of hydrogen-bond acceptors (Lipinski definition) is 12. The molecule has 2 fully saturated rings. The van der Waals surface area contributed by atoms with Crippen molar-refractivity contribution in [1.82, 2.24) is 4.90 Å². The first-order valence-corrected chi connectivity index (χ1v) is 16.9. The third-order valence-corrected chi connectivity index (χ3v) is 9.53. The standard InChI is InChI=1S/C35H57NO11/c1-9-27-24(18-43-34-32(42)31(41)29(39)23(6)45-34)12-10-11-13-26(37)20(3)16-21(4)33(19(2)14-15-28(38)46-27)47-35-30(40)25(36(7)8)17-22(5)44-35/h10-15,19-25,27,29-35,39-42H,9,16-18H2,1-8H3. The third-order valence-electron chi connectivity index (χ3n) is 9.53. The van der Waals surface area contributed by atoms with Gasteiger partial charge in [-0.15, -0.1) is 0 Å². The van der Waals surface area contributed by atoms with Gasteiger partial charge in [0.2, 0.25) is 0 Å². The lowest BCUT2D eigenvalue weighted by molar-refractivity contribution is -0.295. The molecule has 4 N–H and O–H groups in total. The number of hydrogen-bond donors (Lipinski definition) is 4. The van der Waals surface area contributed by atoms with Gasteiger partial charge < -0.3 is 49.0 Å². The average molecular weight is 668 g/mol. The second-order valence-corrected chi connectivity index (χ2v) is 13.7. The molecule has 12 heteroatoms. The average Bonchev–Trinajstić information content (AvgIpc) is 3.02. The SMILES string of the molecule is CCC1OC(=O)C=CC(C)C(OC2OC(C)CC(N(C)C)C2O)C(C)CC(C)C(=O)C=CC=CC1COC1OC(C)C(O)C(O)C1O. The highest BCUT2D eigenvalue weighted by Gasteiger charge is 2.43. The molecule has 47 heavy (non-hydrogen) atoms. The van der Waals surface area contributed by atoms with Crippen molar-refractivity contribution in [2.24, 2.45) is 23.7 Å². The Kier molecular flexibility index (Phi) is 15.2. The predicted octanol–water partition coefficient (Wildman–Crippen LogP) is 2.13. The molecule has 15 unspecified atom stereocenters. The number of esters is 1. The van der Waals surface area contributed by atoms with Gasteiger partial charge in [-0.1, -0.05) is 52.0 Å². The molecule has 0 spiro atoms. The van der Waals surface area contributed by atoms with E-state index >= 15 is 0 Å². The molecule has 0 amide bonds. The number of cyclic esters (lactones) is 1. The molecular formula is C35H57NO11. The van der Waals surface area contributed by atoms with E-state index < -0.39 is 67.2 Å². The minimum Gasteiger partial charge on any atom is -0.459 e. The van der Waals surface area contributed by atoms with Gasteiger partial charge in [-0.3, -0.25) is 4.79 Å². The lowest BCUT2D eigenvalue weighted by Gasteiger charge is -2.43. The van der Waals surface area contributed by atoms with Gasteiger partial charge in [0.05, 0.1) is 24.9 Å². The van der Waals surface area contributed by atoms with Crippen LogP contribution in [0.5, 0.6) is 0 Å². The van der Waals surface area contributed by atoms with Crippen molar-refractivity contribution in [2.75, 3.05) is 20.7 Å². The van der Waals surface area contributed by atoms with Crippen molar-refractivity contribution in [3.63, 3.8) is 0 Å². The lowest BCUT2D eigenvalue weighted by Crippen LogP contribution is -2.57. The topological polar surface area (TPSA) is 164 Å². The molecule has 0 aromatic carbocycles. The van der Waals surface area contributed by atoms with E-state index in [2.05, 4.69) is 0 Å². The number of ether oxygens (including phenoxy) is 5. The van der Waals surface area contributed by atoms with E-state index in [1.165, 1.54) is 12.2 Å². The summed E-state index contributed by atoms with van der Waals surface area (Å²) in [6.07, 6.45) is 2.12. The second kappa shape index (κ2) is 18.1. The van der Waals surface area contributed by atoms with E-state index in [-0.39, 0.29) is 42.3 Å². The van der Waals surface area contributed by atoms with Gasteiger partial charge in [-0.25, -0.2) is 4.79 Å². The van der Waals surface area contributed by atoms with Gasteiger partial charge in [0, 0.05) is 29.9 Å². The highest BCUT2D eigenvalue weighted by Crippen LogP contribution is 2.31. The quantitative estimate of drug-likeness (QED) is 0.293. The molecule has 268 valence electrons. The van der Waals surface area contributed by atoms with Crippen LogP contribution in [0.2, 0.25) is 0 Å². The fourth-order valence-electron chi connectivity index (χ4n) is 6.56. The van der Waals surface area contributed by atoms with Crippen LogP contribution in [0.15, 0.2) is 36.5 Å². The zero-order valence-electron chi connectivity index (χ0n) is 29.0. The molecule has 2 saturated heterocycles. The predicted molar refractivity (Wildman–Crippen MR) is 174 cm³/mol. The highest BCUT2D eigenvalue weighted by atomic mass is 16.7. The normalized spacial score (nSPS) is 42.9. The number of nitrogens with zero attached hydrogens (tertiary/aromatic N) is 1. The number of allylic oxidation sites excluding steroid dienone is 3. The van der Waals surface area contributed by atoms with E-state index in [4.69, 9.17) is 23.7 Å². The molecular weight excluding hydrogens is 610 g/mol. The molecule has 0 aromatic heterocycles. The lowest BCUT2D eigenvalue weighted by atomic mass is 9.84. The Morgan fingerprint density at radius 2 is 1.55 bits per heavy atom. The maximum absolute atomic E-state index is 13.1. The fraction of sp³-hybridized carbons (Fsp3) is 0.771. The van der Waals surface area contributed by atoms with Gasteiger partial charge in [0.1, 0.15) is 30.5 Å². The number of likely N-dealkylation sites (N-methyl/N-ethyl adjacent to an activating group) is 1. The second-order valence-electron chi connectivity index (χ2n) is 13.7. The first-order chi connectivity index (χ1) is 22.1. The van der Waals surface area contributed by atoms with Crippen LogP contribution in [0.3, 0.4) is 0 Å². The maximum atomic E-state index is 13.1. The molecule has 15 atom stereocenters. The van der Waals surface area contributed by atoms with Crippen LogP contribution >= 0.6 is 0 Å². The number of aliphatic hydroxyl groups is 4. The van der Waals surface area contributed by atoms with Crippen molar-refractivity contribution in [3.05, 3.63) is 36.5 Å². The Bertz CT molecular complexity index is 1100. The summed E-state index contributed by atoms with van der Waals surface area (Å²) < 4.78 is 29.8. The van der Waals surface area contributed by atoms with Gasteiger partial charge in [-0.2, -0.15) is 0 Å². The summed E-state index contributed by atoms with van der Waals surface area (Å²) in [6, 6.07) is -0.152. The Balaban J connectivity index is 1.84. The van der Waals surface area contributed by atoms with Crippen molar-refractivity contribution in [1.29, 1.82) is 0 Å². The van der Waals surface area contributed by atoms with Gasteiger partial charge in [-0.05, 0) is 59.2 Å². The van der Waals surface area contributed by atoms with Gasteiger partial charge >= 0.3 is 5.97 Å². The molecule has 0 aromatic rings. The number of carbonyl (C=O) groups excluding carboxylic acids is 2. The number of aliphatic hydroxyl groups excluding tert-OH is 4. The zero-order valence-corrected chi connectivity index (χ0v) is 29.0. The van der Waals surface area contributed by atoms with Crippen molar-refractivity contribution in [2.45, 2.75) is 128 Å². The van der Waals surface area contributed by atoms with E-state index in [9.17, 15) is 30.0 Å². The van der Waals surface area contributed by atoms with Crippen LogP contribution in [0, 0.1) is 23.7 Å². The van der Waals surface area contributed by atoms with Crippen LogP contribution < -0.4 is 0 Å². The van der Waals surface area contributed by atoms with E-state index in [1.807, 2.05) is 53.6 Å². The van der Waals surface area contributed by atoms with Crippen molar-refractivity contribution < 1.29 is 53.7 Å². The van der Waals surface area contributed by atoms with Crippen molar-refractivity contribution >= 4 is 11.8 Å². The number of ketones is 1. The first-order valence-electron chi connectivity index (χ1n) is 16.9. The van der Waals surface area contributed by atoms with Crippen LogP contribution in [-0.2, 0) is 33.3 Å². The van der Waals surface area contributed by atoms with E-state index in [1.54, 1.807) is 31.2 Å². The summed E-state index contributed by atoms with van der Waals surface area (Å²) in [5, 5.41) is 41.8. The fourth-order valence-corrected chi connectivity index (χ4v) is 6.56. The summed E-state index contributed by atoms with van der Waals surface area (Å²) in [5.74, 6) is -1.87. The molecule has 12 nitrogen and oxygen atoms in total. The van der Waals surface area contributed by atoms with Crippen LogP contribution in [-0.4, -0.2) is 125 Å². The Labute approximate surface area is 279 Å². The number of carbonyl (C=O) groups is 2. The molecule has 3 aliphatic heterocycles. The van der Waals surface area contributed by atoms with Crippen LogP contribution in [0.4, 0.5) is 0 Å². The van der Waals surface area contributed by atoms with Crippen LogP contribution in [0.25, 0.3) is 0 Å². The maximum Gasteiger partial charge on any atom is 0.330 e. The third kappa shape index (κ3) is 10.7. The number of rotatable bonds is 7. The summed E-state index contributed by atoms with van der Waals surface area (Å²) in [7, 11) is 3.82. The zero-order chi connectivity index (χ0) is 35.0. The van der Waals surface area contributed by atoms with Gasteiger partial charge in [0.15, 0.2) is 18.4 Å². The van der Waals surface area contributed by atoms with E-state index in [0.29, 0.717) is 19.3 Å². The smallest absolute Gasteiger partial charge is 0.330 e. The van der Waals surface area contributed by atoms with E-state index in [0.717, 1.165) is 0 Å². The Morgan fingerprint density at radius 1 is 0.851 bits per heavy atom. The summed E-state index contributed by atoms with van der Waals surface area (Å²) in [5.41, 5.74) is 0. The highest BCUT2D eigenvalue weighted by molar-refractivity contribution is 5.91. The Hall–Kier alpha value is -2.00. The first kappa shape index (κ1) is 39.4. The monoisotopic (exact) mass is 667 g/mol. The summed E-state index contributed by atoms with van der Waals surface area (Å²) >= 11 is 0. The molecule has 0 radical (unpaired) electrons. The van der Waals surface area contributed by atoms with Crippen LogP contribution in [0.1, 0.15) is 60.8 Å². The molecule has 3 aliphatic rings. The molecule has 3 rings (SSSR count). The summed E-state index contributed by atoms with van der Waals surface area (Å²) in [4.78, 5) is 28.2. The van der Waals surface area contributed by atoms with Gasteiger partial charge in [0.25, 0.3) is 0 Å². The largest absolute Gasteiger partial charge is 0.459 e.